The summed E-state index contributed by atoms with van der Waals surface area (Å²) in [4.78, 5) is 8.89. The molecule has 0 radical (unpaired) electrons. The quantitative estimate of drug-likeness (QED) is 0.826. The minimum Gasteiger partial charge on any atom is -0.373 e. The summed E-state index contributed by atoms with van der Waals surface area (Å²) in [6, 6.07) is 0. The van der Waals surface area contributed by atoms with E-state index < -0.39 is 0 Å². The van der Waals surface area contributed by atoms with E-state index in [0.29, 0.717) is 0 Å². The number of anilines is 1. The summed E-state index contributed by atoms with van der Waals surface area (Å²) >= 11 is 0. The van der Waals surface area contributed by atoms with Crippen molar-refractivity contribution in [2.45, 2.75) is 33.3 Å². The van der Waals surface area contributed by atoms with E-state index in [1.807, 2.05) is 20.9 Å². The van der Waals surface area contributed by atoms with Gasteiger partial charge in [0.05, 0.1) is 0 Å². The molecule has 84 valence electrons. The molecule has 0 aliphatic heterocycles. The lowest BCUT2D eigenvalue weighted by atomic mass is 10.2. The number of nitrogens with zero attached hydrogens (tertiary/aromatic N) is 2. The van der Waals surface area contributed by atoms with Gasteiger partial charge in [0.25, 0.3) is 0 Å². The number of rotatable bonds is 4. The van der Waals surface area contributed by atoms with Gasteiger partial charge in [-0.3, -0.25) is 0 Å². The molecule has 0 saturated heterocycles. The first-order valence-electron chi connectivity index (χ1n) is 5.19. The van der Waals surface area contributed by atoms with Gasteiger partial charge in [0, 0.05) is 25.4 Å². The average Bonchev–Trinajstić information content (AvgIpc) is 2.24. The third-order valence-electron chi connectivity index (χ3n) is 2.59. The highest BCUT2D eigenvalue weighted by atomic mass is 16.5. The van der Waals surface area contributed by atoms with Crippen LogP contribution in [0.15, 0.2) is 0 Å². The number of hydrogen-bond donors (Lipinski definition) is 1. The van der Waals surface area contributed by atoms with Gasteiger partial charge in [-0.2, -0.15) is 0 Å². The van der Waals surface area contributed by atoms with Crippen LogP contribution in [-0.2, 0) is 4.74 Å². The fraction of sp³-hybridized carbons (Fsp3) is 0.636. The normalized spacial score (nSPS) is 12.6. The first kappa shape index (κ1) is 11.9. The number of nitrogens with one attached hydrogen (secondary N) is 1. The predicted octanol–water partition coefficient (Wildman–Crippen LogP) is 2.23. The van der Waals surface area contributed by atoms with Crippen molar-refractivity contribution < 1.29 is 4.74 Å². The van der Waals surface area contributed by atoms with Gasteiger partial charge in [0.2, 0.25) is 0 Å². The summed E-state index contributed by atoms with van der Waals surface area (Å²) in [7, 11) is 3.55. The van der Waals surface area contributed by atoms with Crippen LogP contribution in [0.2, 0.25) is 0 Å². The van der Waals surface area contributed by atoms with Gasteiger partial charge in [-0.1, -0.05) is 6.92 Å². The molecule has 15 heavy (non-hydrogen) atoms. The van der Waals surface area contributed by atoms with E-state index in [1.54, 1.807) is 7.11 Å². The molecular weight excluding hydrogens is 190 g/mol. The standard InChI is InChI=1S/C11H19N3O/c1-6-9(15-5)11-13-8(3)7(2)10(12-4)14-11/h9H,6H2,1-5H3,(H,12,13,14). The second kappa shape index (κ2) is 5.07. The summed E-state index contributed by atoms with van der Waals surface area (Å²) in [5.41, 5.74) is 2.09. The molecule has 0 aliphatic carbocycles. The maximum atomic E-state index is 5.33. The van der Waals surface area contributed by atoms with Crippen LogP contribution in [0.1, 0.15) is 36.5 Å². The Balaban J connectivity index is 3.15. The highest BCUT2D eigenvalue weighted by molar-refractivity contribution is 5.44. The fourth-order valence-electron chi connectivity index (χ4n) is 1.49. The van der Waals surface area contributed by atoms with Crippen LogP contribution in [0.4, 0.5) is 5.82 Å². The first-order chi connectivity index (χ1) is 7.13. The van der Waals surface area contributed by atoms with Crippen molar-refractivity contribution in [2.24, 2.45) is 0 Å². The Morgan fingerprint density at radius 2 is 2.00 bits per heavy atom. The molecule has 1 aromatic rings. The van der Waals surface area contributed by atoms with Crippen LogP contribution in [0.5, 0.6) is 0 Å². The van der Waals surface area contributed by atoms with Crippen LogP contribution in [0.3, 0.4) is 0 Å². The number of aromatic nitrogens is 2. The minimum atomic E-state index is -0.0172. The third kappa shape index (κ3) is 2.45. The molecule has 0 amide bonds. The zero-order chi connectivity index (χ0) is 11.4. The van der Waals surface area contributed by atoms with Crippen molar-refractivity contribution in [1.29, 1.82) is 0 Å². The monoisotopic (exact) mass is 209 g/mol. The van der Waals surface area contributed by atoms with Crippen LogP contribution in [-0.4, -0.2) is 24.1 Å². The Hall–Kier alpha value is -1.16. The lowest BCUT2D eigenvalue weighted by Gasteiger charge is -2.15. The zero-order valence-electron chi connectivity index (χ0n) is 10.1. The van der Waals surface area contributed by atoms with Gasteiger partial charge < -0.3 is 10.1 Å². The molecule has 1 unspecified atom stereocenters. The van der Waals surface area contributed by atoms with Crippen LogP contribution in [0.25, 0.3) is 0 Å². The topological polar surface area (TPSA) is 47.0 Å². The second-order valence-corrected chi connectivity index (χ2v) is 3.52. The maximum Gasteiger partial charge on any atom is 0.159 e. The van der Waals surface area contributed by atoms with E-state index in [-0.39, 0.29) is 6.10 Å². The molecule has 0 aromatic carbocycles. The largest absolute Gasteiger partial charge is 0.373 e. The van der Waals surface area contributed by atoms with Gasteiger partial charge in [0.15, 0.2) is 5.82 Å². The number of ether oxygens (including phenoxy) is 1. The van der Waals surface area contributed by atoms with E-state index in [1.165, 1.54) is 0 Å². The Bertz CT molecular complexity index is 335. The Morgan fingerprint density at radius 3 is 2.47 bits per heavy atom. The molecule has 0 bridgehead atoms. The summed E-state index contributed by atoms with van der Waals surface area (Å²) in [6.45, 7) is 6.06. The van der Waals surface area contributed by atoms with Crippen LogP contribution < -0.4 is 5.32 Å². The minimum absolute atomic E-state index is 0.0172. The van der Waals surface area contributed by atoms with Gasteiger partial charge in [0.1, 0.15) is 11.9 Å². The van der Waals surface area contributed by atoms with Crippen molar-refractivity contribution >= 4 is 5.82 Å². The molecular formula is C11H19N3O. The van der Waals surface area contributed by atoms with Crippen molar-refractivity contribution in [3.05, 3.63) is 17.1 Å². The van der Waals surface area contributed by atoms with Crippen LogP contribution >= 0.6 is 0 Å². The average molecular weight is 209 g/mol. The third-order valence-corrected chi connectivity index (χ3v) is 2.59. The molecule has 0 aliphatic rings. The summed E-state index contributed by atoms with van der Waals surface area (Å²) in [5.74, 6) is 1.64. The maximum absolute atomic E-state index is 5.33. The zero-order valence-corrected chi connectivity index (χ0v) is 10.1. The van der Waals surface area contributed by atoms with E-state index in [2.05, 4.69) is 22.2 Å². The van der Waals surface area contributed by atoms with Crippen molar-refractivity contribution in [3.8, 4) is 0 Å². The number of methoxy groups -OCH3 is 1. The van der Waals surface area contributed by atoms with Crippen LogP contribution in [0, 0.1) is 13.8 Å². The molecule has 1 rings (SSSR count). The molecule has 0 saturated carbocycles. The lowest BCUT2D eigenvalue weighted by molar-refractivity contribution is 0.0925. The molecule has 1 heterocycles. The highest BCUT2D eigenvalue weighted by Crippen LogP contribution is 2.21. The van der Waals surface area contributed by atoms with Gasteiger partial charge in [-0.15, -0.1) is 0 Å². The molecule has 1 atom stereocenters. The van der Waals surface area contributed by atoms with E-state index in [9.17, 15) is 0 Å². The van der Waals surface area contributed by atoms with Crippen molar-refractivity contribution in [2.75, 3.05) is 19.5 Å². The Kier molecular flexibility index (Phi) is 4.03. The number of aryl methyl sites for hydroxylation is 1. The molecule has 1 N–H and O–H groups in total. The summed E-state index contributed by atoms with van der Waals surface area (Å²) in [6.07, 6.45) is 0.860. The van der Waals surface area contributed by atoms with Crippen molar-refractivity contribution in [3.63, 3.8) is 0 Å². The van der Waals surface area contributed by atoms with E-state index >= 15 is 0 Å². The lowest BCUT2D eigenvalue weighted by Crippen LogP contribution is -2.10. The SMILES string of the molecule is CCC(OC)c1nc(C)c(C)c(NC)n1. The highest BCUT2D eigenvalue weighted by Gasteiger charge is 2.14. The fourth-order valence-corrected chi connectivity index (χ4v) is 1.49. The van der Waals surface area contributed by atoms with E-state index in [0.717, 1.165) is 29.3 Å². The second-order valence-electron chi connectivity index (χ2n) is 3.52. The smallest absolute Gasteiger partial charge is 0.159 e. The van der Waals surface area contributed by atoms with E-state index in [4.69, 9.17) is 4.74 Å². The molecule has 0 fully saturated rings. The van der Waals surface area contributed by atoms with Crippen molar-refractivity contribution in [1.82, 2.24) is 9.97 Å². The predicted molar refractivity (Wildman–Crippen MR) is 61.1 cm³/mol. The van der Waals surface area contributed by atoms with Gasteiger partial charge in [-0.05, 0) is 20.3 Å². The number of hydrogen-bond acceptors (Lipinski definition) is 4. The summed E-state index contributed by atoms with van der Waals surface area (Å²) < 4.78 is 5.33. The first-order valence-corrected chi connectivity index (χ1v) is 5.19. The Labute approximate surface area is 91.1 Å². The van der Waals surface area contributed by atoms with Gasteiger partial charge >= 0.3 is 0 Å². The molecule has 4 nitrogen and oxygen atoms in total. The summed E-state index contributed by atoms with van der Waals surface area (Å²) in [5, 5.41) is 3.07. The van der Waals surface area contributed by atoms with Gasteiger partial charge in [-0.25, -0.2) is 9.97 Å². The molecule has 0 spiro atoms. The Morgan fingerprint density at radius 1 is 1.33 bits per heavy atom. The molecule has 4 heteroatoms. The molecule has 1 aromatic heterocycles.